The van der Waals surface area contributed by atoms with Crippen LogP contribution in [0.1, 0.15) is 36.0 Å². The molecular weight excluding hydrogens is 444 g/mol. The number of non-ortho nitro benzene ring substituents is 1. The summed E-state index contributed by atoms with van der Waals surface area (Å²) >= 11 is 6.08. The van der Waals surface area contributed by atoms with Crippen molar-refractivity contribution in [2.45, 2.75) is 37.8 Å². The number of fused-ring (bicyclic) bond motifs is 1. The Bertz CT molecular complexity index is 1190. The largest absolute Gasteiger partial charge is 0.362 e. The number of hydrogen-bond acceptors (Lipinski definition) is 7. The quantitative estimate of drug-likeness (QED) is 0.407. The standard InChI is InChI=1S/C23H25ClN6O3/c1-29(2)21-18-5-3-4-6-20(18)27-23(28-21)26-15-9-7-14(8-10-15)25-22(31)17-12-11-16(30(32)33)13-19(17)24/h3-6,11-15H,7-10H2,1-2H3,(H,25,31)(H,26,27,28). The summed E-state index contributed by atoms with van der Waals surface area (Å²) in [6.45, 7) is 0. The van der Waals surface area contributed by atoms with Crippen molar-refractivity contribution in [2.75, 3.05) is 24.3 Å². The smallest absolute Gasteiger partial charge is 0.270 e. The van der Waals surface area contributed by atoms with Gasteiger partial charge >= 0.3 is 0 Å². The number of nitro groups is 1. The summed E-state index contributed by atoms with van der Waals surface area (Å²) in [5, 5.41) is 18.4. The Balaban J connectivity index is 1.37. The second kappa shape index (κ2) is 9.58. The zero-order valence-electron chi connectivity index (χ0n) is 18.4. The Morgan fingerprint density at radius 1 is 1.09 bits per heavy atom. The Hall–Kier alpha value is -3.46. The number of halogens is 1. The summed E-state index contributed by atoms with van der Waals surface area (Å²) in [7, 11) is 3.92. The maximum atomic E-state index is 12.6. The fourth-order valence-electron chi connectivity index (χ4n) is 4.09. The van der Waals surface area contributed by atoms with Gasteiger partial charge in [-0.3, -0.25) is 14.9 Å². The van der Waals surface area contributed by atoms with Crippen molar-refractivity contribution >= 4 is 45.9 Å². The zero-order chi connectivity index (χ0) is 23.5. The molecule has 0 unspecified atom stereocenters. The van der Waals surface area contributed by atoms with Gasteiger partial charge in [0.25, 0.3) is 11.6 Å². The van der Waals surface area contributed by atoms with Crippen molar-refractivity contribution in [3.8, 4) is 0 Å². The highest BCUT2D eigenvalue weighted by atomic mass is 35.5. The molecule has 172 valence electrons. The van der Waals surface area contributed by atoms with Crippen molar-refractivity contribution < 1.29 is 9.72 Å². The lowest BCUT2D eigenvalue weighted by Gasteiger charge is -2.30. The summed E-state index contributed by atoms with van der Waals surface area (Å²) in [4.78, 5) is 34.3. The van der Waals surface area contributed by atoms with Gasteiger partial charge in [0, 0.05) is 43.7 Å². The number of rotatable bonds is 6. The normalized spacial score (nSPS) is 18.0. The number of nitro benzene ring substituents is 1. The molecule has 0 aliphatic heterocycles. The summed E-state index contributed by atoms with van der Waals surface area (Å²) in [6, 6.07) is 12.0. The molecule has 1 heterocycles. The van der Waals surface area contributed by atoms with Crippen LogP contribution >= 0.6 is 11.6 Å². The van der Waals surface area contributed by atoms with Crippen LogP contribution in [0.5, 0.6) is 0 Å². The van der Waals surface area contributed by atoms with Gasteiger partial charge in [-0.2, -0.15) is 4.98 Å². The molecule has 2 N–H and O–H groups in total. The van der Waals surface area contributed by atoms with E-state index in [0.717, 1.165) is 42.4 Å². The molecule has 0 atom stereocenters. The van der Waals surface area contributed by atoms with Crippen LogP contribution < -0.4 is 15.5 Å². The molecule has 4 rings (SSSR count). The highest BCUT2D eigenvalue weighted by Crippen LogP contribution is 2.27. The topological polar surface area (TPSA) is 113 Å². The van der Waals surface area contributed by atoms with Crippen molar-refractivity contribution in [1.29, 1.82) is 0 Å². The van der Waals surface area contributed by atoms with Gasteiger partial charge in [0.2, 0.25) is 5.95 Å². The molecule has 3 aromatic rings. The number of aromatic nitrogens is 2. The average Bonchev–Trinajstić information content (AvgIpc) is 2.79. The van der Waals surface area contributed by atoms with Crippen LogP contribution in [0.4, 0.5) is 17.5 Å². The van der Waals surface area contributed by atoms with E-state index in [1.54, 1.807) is 0 Å². The first-order valence-corrected chi connectivity index (χ1v) is 11.1. The van der Waals surface area contributed by atoms with Gasteiger partial charge in [-0.15, -0.1) is 0 Å². The minimum absolute atomic E-state index is 0.0108. The number of amides is 1. The van der Waals surface area contributed by atoms with Gasteiger partial charge in [-0.05, 0) is 43.9 Å². The number of nitrogens with one attached hydrogen (secondary N) is 2. The maximum absolute atomic E-state index is 12.6. The van der Waals surface area contributed by atoms with E-state index >= 15 is 0 Å². The zero-order valence-corrected chi connectivity index (χ0v) is 19.2. The van der Waals surface area contributed by atoms with Gasteiger partial charge in [-0.1, -0.05) is 23.7 Å². The number of anilines is 2. The number of benzene rings is 2. The molecule has 1 aromatic heterocycles. The minimum Gasteiger partial charge on any atom is -0.362 e. The highest BCUT2D eigenvalue weighted by Gasteiger charge is 2.25. The third-order valence-corrected chi connectivity index (χ3v) is 6.12. The van der Waals surface area contributed by atoms with Crippen molar-refractivity contribution in [3.05, 3.63) is 63.2 Å². The molecule has 0 saturated heterocycles. The molecule has 0 radical (unpaired) electrons. The summed E-state index contributed by atoms with van der Waals surface area (Å²) in [5.41, 5.74) is 0.986. The van der Waals surface area contributed by atoms with Crippen LogP contribution in [0.25, 0.3) is 10.9 Å². The van der Waals surface area contributed by atoms with Crippen molar-refractivity contribution in [3.63, 3.8) is 0 Å². The summed E-state index contributed by atoms with van der Waals surface area (Å²) in [5.74, 6) is 1.14. The van der Waals surface area contributed by atoms with Crippen LogP contribution in [0.3, 0.4) is 0 Å². The maximum Gasteiger partial charge on any atom is 0.270 e. The molecular formula is C23H25ClN6O3. The number of carbonyl (C=O) groups is 1. The van der Waals surface area contributed by atoms with E-state index in [4.69, 9.17) is 16.6 Å². The first-order valence-electron chi connectivity index (χ1n) is 10.8. The second-order valence-electron chi connectivity index (χ2n) is 8.37. The highest BCUT2D eigenvalue weighted by molar-refractivity contribution is 6.34. The van der Waals surface area contributed by atoms with Crippen LogP contribution in [-0.2, 0) is 0 Å². The Kier molecular flexibility index (Phi) is 6.60. The SMILES string of the molecule is CN(C)c1nc(NC2CCC(NC(=O)c3ccc([N+](=O)[O-])cc3Cl)CC2)nc2ccccc12. The molecule has 1 aliphatic carbocycles. The lowest BCUT2D eigenvalue weighted by molar-refractivity contribution is -0.384. The Labute approximate surface area is 196 Å². The van der Waals surface area contributed by atoms with Gasteiger partial charge in [0.15, 0.2) is 0 Å². The lowest BCUT2D eigenvalue weighted by Crippen LogP contribution is -2.40. The van der Waals surface area contributed by atoms with Crippen LogP contribution in [-0.4, -0.2) is 47.0 Å². The van der Waals surface area contributed by atoms with Crippen LogP contribution in [0.2, 0.25) is 5.02 Å². The molecule has 2 aromatic carbocycles. The molecule has 0 bridgehead atoms. The van der Waals surface area contributed by atoms with Gasteiger partial charge < -0.3 is 15.5 Å². The minimum atomic E-state index is -0.539. The van der Waals surface area contributed by atoms with Crippen molar-refractivity contribution in [1.82, 2.24) is 15.3 Å². The van der Waals surface area contributed by atoms with E-state index in [9.17, 15) is 14.9 Å². The van der Waals surface area contributed by atoms with Crippen molar-refractivity contribution in [2.24, 2.45) is 0 Å². The predicted molar refractivity (Wildman–Crippen MR) is 129 cm³/mol. The second-order valence-corrected chi connectivity index (χ2v) is 8.78. The number of hydrogen-bond donors (Lipinski definition) is 2. The first-order chi connectivity index (χ1) is 15.8. The van der Waals surface area contributed by atoms with Crippen LogP contribution in [0, 0.1) is 10.1 Å². The number of nitrogens with zero attached hydrogens (tertiary/aromatic N) is 4. The first kappa shape index (κ1) is 22.7. The predicted octanol–water partition coefficient (Wildman–Crippen LogP) is 4.41. The monoisotopic (exact) mass is 468 g/mol. The Morgan fingerprint density at radius 2 is 1.79 bits per heavy atom. The lowest BCUT2D eigenvalue weighted by atomic mass is 9.91. The molecule has 9 nitrogen and oxygen atoms in total. The van der Waals surface area contributed by atoms with Gasteiger partial charge in [-0.25, -0.2) is 4.98 Å². The van der Waals surface area contributed by atoms with E-state index in [1.807, 2.05) is 43.3 Å². The Morgan fingerprint density at radius 3 is 2.45 bits per heavy atom. The summed E-state index contributed by atoms with van der Waals surface area (Å²) in [6.07, 6.45) is 3.29. The van der Waals surface area contributed by atoms with Gasteiger partial charge in [0.1, 0.15) is 5.82 Å². The molecule has 1 amide bonds. The van der Waals surface area contributed by atoms with E-state index in [1.165, 1.54) is 18.2 Å². The van der Waals surface area contributed by atoms with Gasteiger partial charge in [0.05, 0.1) is 21.0 Å². The van der Waals surface area contributed by atoms with E-state index in [-0.39, 0.29) is 34.3 Å². The molecule has 0 spiro atoms. The molecule has 33 heavy (non-hydrogen) atoms. The number of carbonyl (C=O) groups excluding carboxylic acids is 1. The third kappa shape index (κ3) is 5.14. The number of para-hydroxylation sites is 1. The average molecular weight is 469 g/mol. The fourth-order valence-corrected chi connectivity index (χ4v) is 4.36. The molecule has 1 fully saturated rings. The molecule has 1 aliphatic rings. The molecule has 10 heteroatoms. The van der Waals surface area contributed by atoms with E-state index in [2.05, 4.69) is 15.6 Å². The fraction of sp³-hybridized carbons (Fsp3) is 0.348. The third-order valence-electron chi connectivity index (χ3n) is 5.81. The van der Waals surface area contributed by atoms with Crippen LogP contribution in [0.15, 0.2) is 42.5 Å². The van der Waals surface area contributed by atoms with E-state index in [0.29, 0.717) is 5.95 Å². The molecule has 1 saturated carbocycles. The summed E-state index contributed by atoms with van der Waals surface area (Å²) < 4.78 is 0. The van der Waals surface area contributed by atoms with E-state index < -0.39 is 4.92 Å².